The first kappa shape index (κ1) is 11.0. The number of benzene rings is 1. The van der Waals surface area contributed by atoms with Crippen LogP contribution < -0.4 is 5.32 Å². The van der Waals surface area contributed by atoms with Gasteiger partial charge in [-0.2, -0.15) is 0 Å². The van der Waals surface area contributed by atoms with E-state index in [0.717, 1.165) is 36.8 Å². The van der Waals surface area contributed by atoms with Gasteiger partial charge in [0.15, 0.2) is 0 Å². The number of carbonyl (C=O) groups excluding carboxylic acids is 2. The third-order valence-electron chi connectivity index (χ3n) is 4.70. The number of amides is 2. The molecule has 0 unspecified atom stereocenters. The summed E-state index contributed by atoms with van der Waals surface area (Å²) in [5.41, 5.74) is 1.70. The molecule has 3 aliphatic rings. The fourth-order valence-electron chi connectivity index (χ4n) is 3.82. The molecule has 2 aliphatic heterocycles. The van der Waals surface area contributed by atoms with Gasteiger partial charge in [0.2, 0.25) is 5.91 Å². The zero-order valence-corrected chi connectivity index (χ0v) is 10.6. The highest BCUT2D eigenvalue weighted by atomic mass is 16.2. The zero-order valence-electron chi connectivity index (χ0n) is 10.6. The second-order valence-electron chi connectivity index (χ2n) is 5.67. The molecule has 1 aromatic carbocycles. The van der Waals surface area contributed by atoms with Crippen molar-refractivity contribution < 1.29 is 9.59 Å². The van der Waals surface area contributed by atoms with Crippen LogP contribution in [-0.4, -0.2) is 22.8 Å². The molecule has 3 atom stereocenters. The van der Waals surface area contributed by atoms with E-state index in [1.807, 2.05) is 29.2 Å². The van der Waals surface area contributed by atoms with E-state index in [4.69, 9.17) is 0 Å². The third-order valence-corrected chi connectivity index (χ3v) is 4.70. The molecule has 0 radical (unpaired) electrons. The Balaban J connectivity index is 1.80. The van der Waals surface area contributed by atoms with Crippen molar-refractivity contribution in [2.45, 2.75) is 37.9 Å². The molecule has 1 aromatic rings. The summed E-state index contributed by atoms with van der Waals surface area (Å²) in [7, 11) is 0. The summed E-state index contributed by atoms with van der Waals surface area (Å²) in [5.74, 6) is 0.191. The number of nitrogens with one attached hydrogen (secondary N) is 1. The molecule has 1 N–H and O–H groups in total. The van der Waals surface area contributed by atoms with Gasteiger partial charge in [-0.15, -0.1) is 0 Å². The van der Waals surface area contributed by atoms with Crippen LogP contribution in [0.2, 0.25) is 0 Å². The van der Waals surface area contributed by atoms with Gasteiger partial charge < -0.3 is 10.2 Å². The van der Waals surface area contributed by atoms with Crippen molar-refractivity contribution in [3.63, 3.8) is 0 Å². The molecule has 0 bridgehead atoms. The molecule has 1 aliphatic carbocycles. The number of carbonyl (C=O) groups is 2. The first-order chi connectivity index (χ1) is 9.27. The summed E-state index contributed by atoms with van der Waals surface area (Å²) >= 11 is 0. The molecule has 0 aromatic heterocycles. The lowest BCUT2D eigenvalue weighted by Crippen LogP contribution is -2.58. The van der Waals surface area contributed by atoms with E-state index in [1.165, 1.54) is 0 Å². The average molecular weight is 256 g/mol. The summed E-state index contributed by atoms with van der Waals surface area (Å²) in [6.07, 6.45) is 3.82. The molecule has 19 heavy (non-hydrogen) atoms. The topological polar surface area (TPSA) is 49.4 Å². The van der Waals surface area contributed by atoms with Crippen LogP contribution >= 0.6 is 0 Å². The summed E-state index contributed by atoms with van der Waals surface area (Å²) < 4.78 is 0. The maximum atomic E-state index is 12.6. The standard InChI is InChI=1S/C15H16N2O2/c18-14-11-7-3-4-8-12(11)17-13(16-14)9-5-1-2-6-10(9)15(17)19/h1-2,5-6,11-13H,3-4,7-8H2,(H,16,18)/t11-,12+,13+/m1/s1. The maximum Gasteiger partial charge on any atom is 0.256 e. The van der Waals surface area contributed by atoms with Crippen molar-refractivity contribution in [1.82, 2.24) is 10.2 Å². The van der Waals surface area contributed by atoms with Crippen LogP contribution in [0.25, 0.3) is 0 Å². The molecule has 0 spiro atoms. The lowest BCUT2D eigenvalue weighted by molar-refractivity contribution is -0.135. The van der Waals surface area contributed by atoms with Crippen molar-refractivity contribution >= 4 is 11.8 Å². The van der Waals surface area contributed by atoms with Crippen molar-refractivity contribution in [2.24, 2.45) is 5.92 Å². The van der Waals surface area contributed by atoms with Crippen LogP contribution in [0.15, 0.2) is 24.3 Å². The van der Waals surface area contributed by atoms with Crippen LogP contribution in [0.4, 0.5) is 0 Å². The highest BCUT2D eigenvalue weighted by molar-refractivity contribution is 6.01. The minimum Gasteiger partial charge on any atom is -0.332 e. The highest BCUT2D eigenvalue weighted by Gasteiger charge is 2.50. The first-order valence-electron chi connectivity index (χ1n) is 6.99. The highest BCUT2D eigenvalue weighted by Crippen LogP contribution is 2.42. The first-order valence-corrected chi connectivity index (χ1v) is 6.99. The van der Waals surface area contributed by atoms with E-state index in [0.29, 0.717) is 0 Å². The van der Waals surface area contributed by atoms with Crippen LogP contribution in [0.5, 0.6) is 0 Å². The third kappa shape index (κ3) is 1.40. The zero-order chi connectivity index (χ0) is 13.0. The van der Waals surface area contributed by atoms with Gasteiger partial charge in [-0.1, -0.05) is 31.0 Å². The summed E-state index contributed by atoms with van der Waals surface area (Å²) in [6, 6.07) is 7.71. The molecule has 4 rings (SSSR count). The Morgan fingerprint density at radius 2 is 1.89 bits per heavy atom. The molecule has 2 amide bonds. The van der Waals surface area contributed by atoms with Gasteiger partial charge in [0.25, 0.3) is 5.91 Å². The fraction of sp³-hybridized carbons (Fsp3) is 0.467. The van der Waals surface area contributed by atoms with Gasteiger partial charge in [-0.25, -0.2) is 0 Å². The quantitative estimate of drug-likeness (QED) is 0.770. The Morgan fingerprint density at radius 3 is 2.79 bits per heavy atom. The van der Waals surface area contributed by atoms with Crippen LogP contribution in [0, 0.1) is 5.92 Å². The lowest BCUT2D eigenvalue weighted by Gasteiger charge is -2.45. The molecule has 2 fully saturated rings. The molecular weight excluding hydrogens is 240 g/mol. The van der Waals surface area contributed by atoms with Gasteiger partial charge in [-0.05, 0) is 18.9 Å². The van der Waals surface area contributed by atoms with Gasteiger partial charge in [-0.3, -0.25) is 9.59 Å². The van der Waals surface area contributed by atoms with Crippen LogP contribution in [0.1, 0.15) is 47.8 Å². The monoisotopic (exact) mass is 256 g/mol. The van der Waals surface area contributed by atoms with Crippen molar-refractivity contribution in [1.29, 1.82) is 0 Å². The lowest BCUT2D eigenvalue weighted by atomic mass is 9.81. The Kier molecular flexibility index (Phi) is 2.22. The number of rotatable bonds is 0. The number of nitrogens with zero attached hydrogens (tertiary/aromatic N) is 1. The Morgan fingerprint density at radius 1 is 1.11 bits per heavy atom. The van der Waals surface area contributed by atoms with E-state index < -0.39 is 0 Å². The largest absolute Gasteiger partial charge is 0.332 e. The minimum atomic E-state index is -0.240. The predicted octanol–water partition coefficient (Wildman–Crippen LogP) is 1.83. The number of fused-ring (bicyclic) bond motifs is 5. The van der Waals surface area contributed by atoms with E-state index >= 15 is 0 Å². The Bertz CT molecular complexity index is 569. The maximum absolute atomic E-state index is 12.6. The molecule has 1 saturated heterocycles. The molecule has 4 heteroatoms. The van der Waals surface area contributed by atoms with E-state index in [1.54, 1.807) is 0 Å². The van der Waals surface area contributed by atoms with E-state index in [9.17, 15) is 9.59 Å². The second kappa shape index (κ2) is 3.83. The molecule has 2 heterocycles. The average Bonchev–Trinajstić information content (AvgIpc) is 2.73. The molecular formula is C15H16N2O2. The normalized spacial score (nSPS) is 32.4. The van der Waals surface area contributed by atoms with E-state index in [-0.39, 0.29) is 29.9 Å². The van der Waals surface area contributed by atoms with Gasteiger partial charge >= 0.3 is 0 Å². The van der Waals surface area contributed by atoms with E-state index in [2.05, 4.69) is 5.32 Å². The summed E-state index contributed by atoms with van der Waals surface area (Å²) in [6.45, 7) is 0. The van der Waals surface area contributed by atoms with Gasteiger partial charge in [0.1, 0.15) is 6.17 Å². The van der Waals surface area contributed by atoms with Crippen molar-refractivity contribution in [3.8, 4) is 0 Å². The number of hydrogen-bond donors (Lipinski definition) is 1. The molecule has 1 saturated carbocycles. The molecule has 4 nitrogen and oxygen atoms in total. The fourth-order valence-corrected chi connectivity index (χ4v) is 3.82. The summed E-state index contributed by atoms with van der Waals surface area (Å²) in [5, 5.41) is 3.03. The second-order valence-corrected chi connectivity index (χ2v) is 5.67. The smallest absolute Gasteiger partial charge is 0.256 e. The Hall–Kier alpha value is -1.84. The van der Waals surface area contributed by atoms with Gasteiger partial charge in [0, 0.05) is 17.2 Å². The number of hydrogen-bond acceptors (Lipinski definition) is 2. The predicted molar refractivity (Wildman–Crippen MR) is 69.2 cm³/mol. The van der Waals surface area contributed by atoms with Crippen LogP contribution in [0.3, 0.4) is 0 Å². The van der Waals surface area contributed by atoms with Crippen molar-refractivity contribution in [2.75, 3.05) is 0 Å². The van der Waals surface area contributed by atoms with Crippen LogP contribution in [-0.2, 0) is 4.79 Å². The Labute approximate surface area is 111 Å². The SMILES string of the molecule is O=C1N[C@@H]2c3ccccc3C(=O)N2[C@H]2CCCC[C@@H]12. The minimum absolute atomic E-state index is 0.0109. The molecule has 98 valence electrons. The summed E-state index contributed by atoms with van der Waals surface area (Å²) in [4.78, 5) is 26.7. The van der Waals surface area contributed by atoms with Crippen molar-refractivity contribution in [3.05, 3.63) is 35.4 Å². The van der Waals surface area contributed by atoms with Gasteiger partial charge in [0.05, 0.1) is 5.92 Å².